The average Bonchev–Trinajstić information content (AvgIpc) is 2.44. The van der Waals surface area contributed by atoms with Crippen molar-refractivity contribution in [3.8, 4) is 0 Å². The number of imide groups is 1. The van der Waals surface area contributed by atoms with E-state index in [1.807, 2.05) is 0 Å². The molecular weight excluding hydrogens is 295 g/mol. The number of hydrogen-bond acceptors (Lipinski definition) is 4. The Hall–Kier alpha value is -1.89. The summed E-state index contributed by atoms with van der Waals surface area (Å²) in [4.78, 5) is 37.0. The number of nitrogens with one attached hydrogen (secondary N) is 1. The van der Waals surface area contributed by atoms with Gasteiger partial charge < -0.3 is 4.90 Å². The molecule has 1 N–H and O–H groups in total. The third kappa shape index (κ3) is 4.04. The molecule has 0 aliphatic carbocycles. The number of rotatable bonds is 4. The van der Waals surface area contributed by atoms with Gasteiger partial charge in [-0.25, -0.2) is 4.39 Å². The van der Waals surface area contributed by atoms with Gasteiger partial charge in [0.1, 0.15) is 18.4 Å². The molecule has 0 radical (unpaired) electrons. The molecule has 0 spiro atoms. The maximum atomic E-state index is 12.8. The Labute approximate surface area is 125 Å². The van der Waals surface area contributed by atoms with Crippen LogP contribution in [-0.4, -0.2) is 41.0 Å². The highest BCUT2D eigenvalue weighted by Crippen LogP contribution is 2.19. The molecular formula is C14H15FN2O3S. The number of carbonyl (C=O) groups is 3. The third-order valence-corrected chi connectivity index (χ3v) is 4.16. The predicted octanol–water partition coefficient (Wildman–Crippen LogP) is 1.18. The van der Waals surface area contributed by atoms with Crippen LogP contribution in [-0.2, 0) is 14.4 Å². The van der Waals surface area contributed by atoms with Crippen LogP contribution in [0.25, 0.3) is 0 Å². The minimum Gasteiger partial charge on any atom is -0.322 e. The third-order valence-electron chi connectivity index (χ3n) is 3.14. The van der Waals surface area contributed by atoms with Crippen LogP contribution in [0.5, 0.6) is 0 Å². The number of thioether (sulfide) groups is 1. The smallest absolute Gasteiger partial charge is 0.249 e. The van der Waals surface area contributed by atoms with Crippen molar-refractivity contribution in [2.24, 2.45) is 0 Å². The molecule has 0 bridgehead atoms. The number of benzene rings is 1. The van der Waals surface area contributed by atoms with Crippen molar-refractivity contribution in [2.45, 2.75) is 24.3 Å². The molecule has 3 amide bonds. The van der Waals surface area contributed by atoms with Crippen molar-refractivity contribution in [1.29, 1.82) is 0 Å². The Morgan fingerprint density at radius 1 is 1.38 bits per heavy atom. The summed E-state index contributed by atoms with van der Waals surface area (Å²) in [6.07, 6.45) is 0.215. The van der Waals surface area contributed by atoms with E-state index in [4.69, 9.17) is 0 Å². The summed E-state index contributed by atoms with van der Waals surface area (Å²) in [6, 6.07) is 5.38. The van der Waals surface area contributed by atoms with Crippen LogP contribution in [0.3, 0.4) is 0 Å². The van der Waals surface area contributed by atoms with E-state index in [1.165, 1.54) is 28.8 Å². The minimum atomic E-state index is -0.633. The Bertz CT molecular complexity index is 562. The van der Waals surface area contributed by atoms with Gasteiger partial charge in [0.2, 0.25) is 17.7 Å². The van der Waals surface area contributed by atoms with E-state index < -0.39 is 17.9 Å². The van der Waals surface area contributed by atoms with E-state index in [0.29, 0.717) is 5.75 Å². The van der Waals surface area contributed by atoms with E-state index in [-0.39, 0.29) is 24.7 Å². The standard InChI is InChI=1S/C14H15FN2O3S/c1-9-14(20)16-12(18)8-17(9)13(19)6-7-21-11-4-2-10(15)3-5-11/h2-5,9H,6-8H2,1H3,(H,16,18,20). The molecule has 1 aliphatic heterocycles. The van der Waals surface area contributed by atoms with Gasteiger partial charge in [0, 0.05) is 17.1 Å². The zero-order valence-electron chi connectivity index (χ0n) is 11.5. The molecule has 1 heterocycles. The van der Waals surface area contributed by atoms with Crippen molar-refractivity contribution in [3.05, 3.63) is 30.1 Å². The fourth-order valence-corrected chi connectivity index (χ4v) is 2.79. The summed E-state index contributed by atoms with van der Waals surface area (Å²) < 4.78 is 12.8. The largest absolute Gasteiger partial charge is 0.322 e. The molecule has 1 saturated heterocycles. The number of nitrogens with zero attached hydrogens (tertiary/aromatic N) is 1. The van der Waals surface area contributed by atoms with Crippen molar-refractivity contribution < 1.29 is 18.8 Å². The molecule has 0 aromatic heterocycles. The number of piperazine rings is 1. The highest BCUT2D eigenvalue weighted by atomic mass is 32.2. The van der Waals surface area contributed by atoms with Crippen molar-refractivity contribution in [1.82, 2.24) is 10.2 Å². The normalized spacial score (nSPS) is 18.6. The molecule has 1 atom stereocenters. The van der Waals surface area contributed by atoms with Gasteiger partial charge in [-0.15, -0.1) is 11.8 Å². The summed E-state index contributed by atoms with van der Waals surface area (Å²) in [5, 5.41) is 2.19. The molecule has 21 heavy (non-hydrogen) atoms. The summed E-state index contributed by atoms with van der Waals surface area (Å²) in [5.74, 6) is -0.949. The van der Waals surface area contributed by atoms with Crippen LogP contribution >= 0.6 is 11.8 Å². The predicted molar refractivity (Wildman–Crippen MR) is 76.1 cm³/mol. The van der Waals surface area contributed by atoms with Crippen molar-refractivity contribution in [2.75, 3.05) is 12.3 Å². The van der Waals surface area contributed by atoms with Crippen LogP contribution in [0.1, 0.15) is 13.3 Å². The maximum absolute atomic E-state index is 12.8. The maximum Gasteiger partial charge on any atom is 0.249 e. The molecule has 112 valence electrons. The molecule has 1 aliphatic rings. The summed E-state index contributed by atoms with van der Waals surface area (Å²) in [7, 11) is 0. The molecule has 0 saturated carbocycles. The quantitative estimate of drug-likeness (QED) is 0.670. The molecule has 1 aromatic carbocycles. The monoisotopic (exact) mass is 310 g/mol. The van der Waals surface area contributed by atoms with E-state index >= 15 is 0 Å². The summed E-state index contributed by atoms with van der Waals surface area (Å²) in [6.45, 7) is 1.50. The number of carbonyl (C=O) groups excluding carboxylic acids is 3. The first-order chi connectivity index (χ1) is 9.97. The van der Waals surface area contributed by atoms with E-state index in [2.05, 4.69) is 5.32 Å². The Kier molecular flexibility index (Phi) is 4.95. The second-order valence-corrected chi connectivity index (χ2v) is 5.83. The van der Waals surface area contributed by atoms with Gasteiger partial charge in [-0.3, -0.25) is 19.7 Å². The lowest BCUT2D eigenvalue weighted by atomic mass is 10.2. The zero-order chi connectivity index (χ0) is 15.4. The van der Waals surface area contributed by atoms with Gasteiger partial charge in [0.15, 0.2) is 0 Å². The van der Waals surface area contributed by atoms with Gasteiger partial charge >= 0.3 is 0 Å². The van der Waals surface area contributed by atoms with Gasteiger partial charge in [-0.2, -0.15) is 0 Å². The topological polar surface area (TPSA) is 66.5 Å². The first kappa shape index (κ1) is 15.5. The van der Waals surface area contributed by atoms with Crippen LogP contribution in [0.2, 0.25) is 0 Å². The Balaban J connectivity index is 1.85. The second kappa shape index (κ2) is 6.71. The van der Waals surface area contributed by atoms with Gasteiger partial charge in [-0.1, -0.05) is 0 Å². The Morgan fingerprint density at radius 2 is 2.05 bits per heavy atom. The van der Waals surface area contributed by atoms with Crippen LogP contribution < -0.4 is 5.32 Å². The SMILES string of the molecule is CC1C(=O)NC(=O)CN1C(=O)CCSc1ccc(F)cc1. The van der Waals surface area contributed by atoms with E-state index in [0.717, 1.165) is 4.90 Å². The molecule has 1 fully saturated rings. The number of hydrogen-bond donors (Lipinski definition) is 1. The van der Waals surface area contributed by atoms with Crippen LogP contribution in [0.4, 0.5) is 4.39 Å². The first-order valence-electron chi connectivity index (χ1n) is 6.49. The van der Waals surface area contributed by atoms with Crippen LogP contribution in [0, 0.1) is 5.82 Å². The fraction of sp³-hybridized carbons (Fsp3) is 0.357. The van der Waals surface area contributed by atoms with Crippen LogP contribution in [0.15, 0.2) is 29.2 Å². The minimum absolute atomic E-state index is 0.0903. The number of amides is 3. The van der Waals surface area contributed by atoms with Gasteiger partial charge in [0.25, 0.3) is 0 Å². The van der Waals surface area contributed by atoms with Crippen molar-refractivity contribution in [3.63, 3.8) is 0 Å². The Morgan fingerprint density at radius 3 is 2.71 bits per heavy atom. The van der Waals surface area contributed by atoms with E-state index in [1.54, 1.807) is 19.1 Å². The van der Waals surface area contributed by atoms with E-state index in [9.17, 15) is 18.8 Å². The lowest BCUT2D eigenvalue weighted by molar-refractivity contribution is -0.149. The highest BCUT2D eigenvalue weighted by molar-refractivity contribution is 7.99. The van der Waals surface area contributed by atoms with Gasteiger partial charge in [-0.05, 0) is 31.2 Å². The highest BCUT2D eigenvalue weighted by Gasteiger charge is 2.32. The second-order valence-electron chi connectivity index (χ2n) is 4.66. The average molecular weight is 310 g/mol. The fourth-order valence-electron chi connectivity index (χ4n) is 1.95. The number of halogens is 1. The molecule has 1 unspecified atom stereocenters. The molecule has 2 rings (SSSR count). The first-order valence-corrected chi connectivity index (χ1v) is 7.47. The zero-order valence-corrected chi connectivity index (χ0v) is 12.3. The van der Waals surface area contributed by atoms with Gasteiger partial charge in [0.05, 0.1) is 0 Å². The molecule has 7 heteroatoms. The lowest BCUT2D eigenvalue weighted by Gasteiger charge is -2.31. The van der Waals surface area contributed by atoms with Crippen molar-refractivity contribution >= 4 is 29.5 Å². The lowest BCUT2D eigenvalue weighted by Crippen LogP contribution is -2.58. The summed E-state index contributed by atoms with van der Waals surface area (Å²) >= 11 is 1.42. The molecule has 5 nitrogen and oxygen atoms in total. The summed E-state index contributed by atoms with van der Waals surface area (Å²) in [5.41, 5.74) is 0. The molecule has 1 aromatic rings.